The molecule has 0 radical (unpaired) electrons. The normalized spacial score (nSPS) is 24.4. The van der Waals surface area contributed by atoms with E-state index in [1.807, 2.05) is 0 Å². The van der Waals surface area contributed by atoms with E-state index in [9.17, 15) is 9.59 Å². The summed E-state index contributed by atoms with van der Waals surface area (Å²) in [4.78, 5) is 24.6. The van der Waals surface area contributed by atoms with Crippen LogP contribution in [0.4, 0.5) is 0 Å². The first-order chi connectivity index (χ1) is 12.8. The van der Waals surface area contributed by atoms with E-state index in [1.54, 1.807) is 0 Å². The van der Waals surface area contributed by atoms with Crippen molar-refractivity contribution in [1.29, 1.82) is 0 Å². The van der Waals surface area contributed by atoms with Crippen molar-refractivity contribution in [3.05, 3.63) is 12.2 Å². The van der Waals surface area contributed by atoms with Crippen LogP contribution in [0, 0.1) is 35.5 Å². The number of rotatable bonds is 10. The quantitative estimate of drug-likeness (QED) is 0.220. The molecule has 1 fully saturated rings. The van der Waals surface area contributed by atoms with Crippen LogP contribution in [0.5, 0.6) is 0 Å². The van der Waals surface area contributed by atoms with Crippen molar-refractivity contribution in [2.75, 3.05) is 14.2 Å². The SMILES string of the molecule is CCCCC[C@H](/C=C/[C@@H]1C[C@H](C)CC[C@H]1C(C)C)C(C(=O)OC)C(=O)OC. The van der Waals surface area contributed by atoms with Crippen molar-refractivity contribution < 1.29 is 19.1 Å². The summed E-state index contributed by atoms with van der Waals surface area (Å²) in [5.74, 6) is 0.527. The molecule has 0 bridgehead atoms. The summed E-state index contributed by atoms with van der Waals surface area (Å²) in [6.07, 6.45) is 12.1. The van der Waals surface area contributed by atoms with Gasteiger partial charge in [0, 0.05) is 5.92 Å². The molecule has 27 heavy (non-hydrogen) atoms. The molecule has 1 aliphatic rings. The molecule has 1 aliphatic carbocycles. The van der Waals surface area contributed by atoms with Crippen LogP contribution in [-0.4, -0.2) is 26.2 Å². The maximum Gasteiger partial charge on any atom is 0.320 e. The molecule has 0 saturated heterocycles. The summed E-state index contributed by atoms with van der Waals surface area (Å²) < 4.78 is 9.83. The second-order valence-corrected chi connectivity index (χ2v) is 8.56. The van der Waals surface area contributed by atoms with Crippen molar-refractivity contribution >= 4 is 11.9 Å². The first-order valence-electron chi connectivity index (χ1n) is 10.7. The average Bonchev–Trinajstić information content (AvgIpc) is 2.65. The number of hydrogen-bond acceptors (Lipinski definition) is 4. The van der Waals surface area contributed by atoms with Crippen molar-refractivity contribution in [3.8, 4) is 0 Å². The second kappa shape index (κ2) is 12.2. The monoisotopic (exact) mass is 380 g/mol. The molecule has 0 aromatic carbocycles. The van der Waals surface area contributed by atoms with Crippen molar-refractivity contribution in [2.24, 2.45) is 35.5 Å². The molecule has 0 N–H and O–H groups in total. The van der Waals surface area contributed by atoms with Crippen LogP contribution >= 0.6 is 0 Å². The van der Waals surface area contributed by atoms with Gasteiger partial charge in [-0.05, 0) is 42.9 Å². The number of unbranched alkanes of at least 4 members (excludes halogenated alkanes) is 2. The van der Waals surface area contributed by atoms with Gasteiger partial charge in [-0.25, -0.2) is 0 Å². The van der Waals surface area contributed by atoms with E-state index in [2.05, 4.69) is 39.8 Å². The topological polar surface area (TPSA) is 52.6 Å². The molecule has 0 amide bonds. The van der Waals surface area contributed by atoms with Crippen LogP contribution < -0.4 is 0 Å². The van der Waals surface area contributed by atoms with Gasteiger partial charge >= 0.3 is 11.9 Å². The van der Waals surface area contributed by atoms with Gasteiger partial charge in [-0.2, -0.15) is 0 Å². The van der Waals surface area contributed by atoms with Crippen molar-refractivity contribution in [2.45, 2.75) is 72.6 Å². The zero-order valence-corrected chi connectivity index (χ0v) is 18.2. The Balaban J connectivity index is 3.04. The van der Waals surface area contributed by atoms with E-state index < -0.39 is 17.9 Å². The number of methoxy groups -OCH3 is 2. The minimum absolute atomic E-state index is 0.165. The van der Waals surface area contributed by atoms with Crippen LogP contribution in [-0.2, 0) is 19.1 Å². The number of ether oxygens (including phenoxy) is 2. The highest BCUT2D eigenvalue weighted by atomic mass is 16.5. The second-order valence-electron chi connectivity index (χ2n) is 8.56. The molecule has 1 saturated carbocycles. The Morgan fingerprint density at radius 1 is 1.07 bits per heavy atom. The van der Waals surface area contributed by atoms with Crippen LogP contribution in [0.2, 0.25) is 0 Å². The standard InChI is InChI=1S/C23H40O4/c1-7-8-9-10-18(21(22(24)26-5)23(25)27-6)12-13-19-15-17(4)11-14-20(19)16(2)3/h12-13,16-21H,7-11,14-15H2,1-6H3/b13-12+/t17-,18-,19-,20+/m1/s1. The Bertz CT molecular complexity index is 467. The third-order valence-corrected chi connectivity index (χ3v) is 6.16. The van der Waals surface area contributed by atoms with E-state index in [4.69, 9.17) is 9.47 Å². The molecule has 0 heterocycles. The van der Waals surface area contributed by atoms with E-state index in [1.165, 1.54) is 33.5 Å². The summed E-state index contributed by atoms with van der Waals surface area (Å²) in [5, 5.41) is 0. The lowest BCUT2D eigenvalue weighted by Gasteiger charge is -2.36. The predicted octanol–water partition coefficient (Wildman–Crippen LogP) is 5.41. The largest absolute Gasteiger partial charge is 0.468 e. The Hall–Kier alpha value is -1.32. The molecule has 0 spiro atoms. The highest BCUT2D eigenvalue weighted by Crippen LogP contribution is 2.39. The summed E-state index contributed by atoms with van der Waals surface area (Å²) >= 11 is 0. The molecule has 4 heteroatoms. The lowest BCUT2D eigenvalue weighted by Crippen LogP contribution is -2.33. The maximum absolute atomic E-state index is 12.3. The van der Waals surface area contributed by atoms with Crippen molar-refractivity contribution in [3.63, 3.8) is 0 Å². The molecule has 4 nitrogen and oxygen atoms in total. The highest BCUT2D eigenvalue weighted by Gasteiger charge is 2.36. The van der Waals surface area contributed by atoms with Gasteiger partial charge in [-0.3, -0.25) is 9.59 Å². The van der Waals surface area contributed by atoms with Gasteiger partial charge in [0.1, 0.15) is 0 Å². The third kappa shape index (κ3) is 7.31. The van der Waals surface area contributed by atoms with Gasteiger partial charge in [0.15, 0.2) is 5.92 Å². The van der Waals surface area contributed by atoms with Gasteiger partial charge in [-0.1, -0.05) is 65.5 Å². The zero-order chi connectivity index (χ0) is 20.4. The molecule has 4 atom stereocenters. The molecule has 156 valence electrons. The van der Waals surface area contributed by atoms with Gasteiger partial charge < -0.3 is 9.47 Å². The highest BCUT2D eigenvalue weighted by molar-refractivity contribution is 5.95. The van der Waals surface area contributed by atoms with Crippen LogP contribution in [0.25, 0.3) is 0 Å². The fraction of sp³-hybridized carbons (Fsp3) is 0.826. The number of allylic oxidation sites excluding steroid dienone is 2. The fourth-order valence-electron chi connectivity index (χ4n) is 4.49. The Morgan fingerprint density at radius 3 is 2.22 bits per heavy atom. The summed E-state index contributed by atoms with van der Waals surface area (Å²) in [6.45, 7) is 9.07. The third-order valence-electron chi connectivity index (χ3n) is 6.16. The summed E-state index contributed by atoms with van der Waals surface area (Å²) in [7, 11) is 2.67. The lowest BCUT2D eigenvalue weighted by atomic mass is 9.69. The molecular formula is C23H40O4. The van der Waals surface area contributed by atoms with E-state index in [-0.39, 0.29) is 5.92 Å². The van der Waals surface area contributed by atoms with Crippen LogP contribution in [0.3, 0.4) is 0 Å². The molecule has 0 unspecified atom stereocenters. The minimum atomic E-state index is -0.869. The molecule has 1 rings (SSSR count). The van der Waals surface area contributed by atoms with E-state index >= 15 is 0 Å². The predicted molar refractivity (Wildman–Crippen MR) is 109 cm³/mol. The zero-order valence-electron chi connectivity index (χ0n) is 18.2. The molecule has 0 aromatic rings. The number of carbonyl (C=O) groups excluding carboxylic acids is 2. The van der Waals surface area contributed by atoms with E-state index in [0.29, 0.717) is 17.8 Å². The van der Waals surface area contributed by atoms with Gasteiger partial charge in [0.25, 0.3) is 0 Å². The van der Waals surface area contributed by atoms with E-state index in [0.717, 1.165) is 31.6 Å². The molecule has 0 aliphatic heterocycles. The summed E-state index contributed by atoms with van der Waals surface area (Å²) in [6, 6.07) is 0. The molecule has 0 aromatic heterocycles. The Morgan fingerprint density at radius 2 is 1.70 bits per heavy atom. The first kappa shape index (κ1) is 23.7. The smallest absolute Gasteiger partial charge is 0.320 e. The average molecular weight is 381 g/mol. The lowest BCUT2D eigenvalue weighted by molar-refractivity contribution is -0.160. The van der Waals surface area contributed by atoms with Crippen LogP contribution in [0.1, 0.15) is 72.6 Å². The summed E-state index contributed by atoms with van der Waals surface area (Å²) in [5.41, 5.74) is 0. The first-order valence-corrected chi connectivity index (χ1v) is 10.7. The molecular weight excluding hydrogens is 340 g/mol. The Labute approximate surface area is 166 Å². The van der Waals surface area contributed by atoms with Crippen LogP contribution in [0.15, 0.2) is 12.2 Å². The van der Waals surface area contributed by atoms with Gasteiger partial charge in [-0.15, -0.1) is 0 Å². The van der Waals surface area contributed by atoms with Gasteiger partial charge in [0.05, 0.1) is 14.2 Å². The number of esters is 2. The number of hydrogen-bond donors (Lipinski definition) is 0. The minimum Gasteiger partial charge on any atom is -0.468 e. The van der Waals surface area contributed by atoms with Crippen molar-refractivity contribution in [1.82, 2.24) is 0 Å². The Kier molecular flexibility index (Phi) is 10.7. The maximum atomic E-state index is 12.3. The number of carbonyl (C=O) groups is 2. The van der Waals surface area contributed by atoms with Gasteiger partial charge in [0.2, 0.25) is 0 Å². The fourth-order valence-corrected chi connectivity index (χ4v) is 4.49.